The highest BCUT2D eigenvalue weighted by molar-refractivity contribution is 5.80. The highest BCUT2D eigenvalue weighted by atomic mass is 16.2. The molecule has 2 aliphatic rings. The van der Waals surface area contributed by atoms with Gasteiger partial charge in [-0.05, 0) is 38.5 Å². The molecule has 1 atom stereocenters. The third kappa shape index (κ3) is 2.80. The van der Waals surface area contributed by atoms with Gasteiger partial charge in [-0.1, -0.05) is 0 Å². The van der Waals surface area contributed by atoms with Crippen molar-refractivity contribution in [2.24, 2.45) is 5.92 Å². The summed E-state index contributed by atoms with van der Waals surface area (Å²) < 4.78 is 0. The lowest BCUT2D eigenvalue weighted by atomic mass is 10.1. The molecule has 0 aromatic rings. The van der Waals surface area contributed by atoms with Crippen LogP contribution in [0, 0.1) is 5.92 Å². The topological polar surface area (TPSA) is 37.4 Å². The van der Waals surface area contributed by atoms with Gasteiger partial charge in [0.1, 0.15) is 5.78 Å². The van der Waals surface area contributed by atoms with Crippen molar-refractivity contribution in [3.05, 3.63) is 0 Å². The summed E-state index contributed by atoms with van der Waals surface area (Å²) in [4.78, 5) is 24.9. The molecule has 0 N–H and O–H groups in total. The number of hydrogen-bond acceptors (Lipinski definition) is 2. The molecule has 0 spiro atoms. The van der Waals surface area contributed by atoms with Crippen molar-refractivity contribution in [2.75, 3.05) is 6.54 Å². The molecule has 2 fully saturated rings. The maximum Gasteiger partial charge on any atom is 0.223 e. The molecule has 0 aromatic heterocycles. The van der Waals surface area contributed by atoms with E-state index in [1.54, 1.807) is 6.92 Å². The molecule has 1 saturated carbocycles. The molecule has 1 aliphatic carbocycles. The molecule has 2 rings (SSSR count). The molecule has 0 radical (unpaired) electrons. The first kappa shape index (κ1) is 10.7. The number of ketones is 1. The van der Waals surface area contributed by atoms with Crippen LogP contribution in [0.2, 0.25) is 0 Å². The van der Waals surface area contributed by atoms with Crippen LogP contribution in [-0.2, 0) is 9.59 Å². The van der Waals surface area contributed by atoms with Crippen LogP contribution in [0.1, 0.15) is 45.4 Å². The maximum absolute atomic E-state index is 11.9. The summed E-state index contributed by atoms with van der Waals surface area (Å²) >= 11 is 0. The normalized spacial score (nSPS) is 25.7. The average Bonchev–Trinajstić information content (AvgIpc) is 2.83. The number of likely N-dealkylation sites (tertiary alicyclic amines) is 1. The van der Waals surface area contributed by atoms with Crippen molar-refractivity contribution in [1.29, 1.82) is 0 Å². The monoisotopic (exact) mass is 209 g/mol. The van der Waals surface area contributed by atoms with Crippen molar-refractivity contribution in [3.63, 3.8) is 0 Å². The van der Waals surface area contributed by atoms with Crippen LogP contribution < -0.4 is 0 Å². The van der Waals surface area contributed by atoms with Gasteiger partial charge in [0.05, 0.1) is 0 Å². The summed E-state index contributed by atoms with van der Waals surface area (Å²) in [5.41, 5.74) is 0. The van der Waals surface area contributed by atoms with Crippen LogP contribution in [0.25, 0.3) is 0 Å². The van der Waals surface area contributed by atoms with Gasteiger partial charge in [0, 0.05) is 25.4 Å². The van der Waals surface area contributed by atoms with Gasteiger partial charge in [0.2, 0.25) is 5.91 Å². The number of carbonyl (C=O) groups excluding carboxylic acids is 2. The Labute approximate surface area is 90.8 Å². The Morgan fingerprint density at radius 2 is 1.93 bits per heavy atom. The second kappa shape index (κ2) is 4.33. The summed E-state index contributed by atoms with van der Waals surface area (Å²) in [7, 11) is 0. The SMILES string of the molecule is CC(=O)CC1CCCN1C(=O)CC1CC1. The van der Waals surface area contributed by atoms with Crippen LogP contribution in [0.4, 0.5) is 0 Å². The highest BCUT2D eigenvalue weighted by Crippen LogP contribution is 2.34. The van der Waals surface area contributed by atoms with Crippen molar-refractivity contribution >= 4 is 11.7 Å². The summed E-state index contributed by atoms with van der Waals surface area (Å²) in [5, 5.41) is 0. The third-order valence-corrected chi connectivity index (χ3v) is 3.38. The van der Waals surface area contributed by atoms with E-state index in [9.17, 15) is 9.59 Å². The van der Waals surface area contributed by atoms with E-state index in [2.05, 4.69) is 0 Å². The molecule has 0 aromatic carbocycles. The van der Waals surface area contributed by atoms with Crippen LogP contribution in [0.3, 0.4) is 0 Å². The smallest absolute Gasteiger partial charge is 0.223 e. The Morgan fingerprint density at radius 3 is 2.53 bits per heavy atom. The van der Waals surface area contributed by atoms with E-state index in [0.29, 0.717) is 18.8 Å². The van der Waals surface area contributed by atoms with Crippen LogP contribution >= 0.6 is 0 Å². The van der Waals surface area contributed by atoms with E-state index >= 15 is 0 Å². The van der Waals surface area contributed by atoms with Crippen LogP contribution in [0.5, 0.6) is 0 Å². The molecule has 84 valence electrons. The minimum absolute atomic E-state index is 0.200. The minimum atomic E-state index is 0.200. The Balaban J connectivity index is 1.87. The Bertz CT molecular complexity index is 271. The molecular weight excluding hydrogens is 190 g/mol. The zero-order chi connectivity index (χ0) is 10.8. The largest absolute Gasteiger partial charge is 0.339 e. The zero-order valence-electron chi connectivity index (χ0n) is 9.37. The van der Waals surface area contributed by atoms with Crippen LogP contribution in [-0.4, -0.2) is 29.2 Å². The number of nitrogens with zero attached hydrogens (tertiary/aromatic N) is 1. The summed E-state index contributed by atoms with van der Waals surface area (Å²) in [6, 6.07) is 0.203. The number of hydrogen-bond donors (Lipinski definition) is 0. The summed E-state index contributed by atoms with van der Waals surface area (Å²) in [5.74, 6) is 1.13. The lowest BCUT2D eigenvalue weighted by molar-refractivity contribution is -0.133. The van der Waals surface area contributed by atoms with Crippen LogP contribution in [0.15, 0.2) is 0 Å². The van der Waals surface area contributed by atoms with E-state index in [-0.39, 0.29) is 17.7 Å². The summed E-state index contributed by atoms with van der Waals surface area (Å²) in [6.07, 6.45) is 5.78. The molecule has 1 unspecified atom stereocenters. The van der Waals surface area contributed by atoms with Gasteiger partial charge in [-0.25, -0.2) is 0 Å². The fourth-order valence-electron chi connectivity index (χ4n) is 2.39. The quantitative estimate of drug-likeness (QED) is 0.707. The molecule has 0 bridgehead atoms. The fraction of sp³-hybridized carbons (Fsp3) is 0.833. The van der Waals surface area contributed by atoms with E-state index in [1.807, 2.05) is 4.90 Å². The summed E-state index contributed by atoms with van der Waals surface area (Å²) in [6.45, 7) is 2.48. The lowest BCUT2D eigenvalue weighted by Gasteiger charge is -2.23. The van der Waals surface area contributed by atoms with E-state index in [1.165, 1.54) is 12.8 Å². The molecular formula is C12H19NO2. The Kier molecular flexibility index (Phi) is 3.08. The van der Waals surface area contributed by atoms with Gasteiger partial charge >= 0.3 is 0 Å². The van der Waals surface area contributed by atoms with Gasteiger partial charge in [-0.3, -0.25) is 9.59 Å². The molecule has 3 heteroatoms. The van der Waals surface area contributed by atoms with Gasteiger partial charge < -0.3 is 4.90 Å². The molecule has 1 amide bonds. The zero-order valence-corrected chi connectivity index (χ0v) is 9.37. The van der Waals surface area contributed by atoms with Crippen molar-refractivity contribution in [2.45, 2.75) is 51.5 Å². The highest BCUT2D eigenvalue weighted by Gasteiger charge is 2.33. The van der Waals surface area contributed by atoms with Gasteiger partial charge in [-0.2, -0.15) is 0 Å². The molecule has 1 saturated heterocycles. The average molecular weight is 209 g/mol. The maximum atomic E-state index is 11.9. The first-order valence-corrected chi connectivity index (χ1v) is 5.95. The van der Waals surface area contributed by atoms with Gasteiger partial charge in [0.15, 0.2) is 0 Å². The number of amides is 1. The van der Waals surface area contributed by atoms with Crippen molar-refractivity contribution < 1.29 is 9.59 Å². The van der Waals surface area contributed by atoms with Gasteiger partial charge in [-0.15, -0.1) is 0 Å². The molecule has 1 aliphatic heterocycles. The standard InChI is InChI=1S/C12H19NO2/c1-9(14)7-11-3-2-6-13(11)12(15)8-10-4-5-10/h10-11H,2-8H2,1H3. The minimum Gasteiger partial charge on any atom is -0.339 e. The first-order chi connectivity index (χ1) is 7.16. The number of Topliss-reactive ketones (excluding diaryl/α,β-unsaturated/α-hetero) is 1. The number of rotatable bonds is 4. The van der Waals surface area contributed by atoms with Gasteiger partial charge in [0.25, 0.3) is 0 Å². The predicted octanol–water partition coefficient (Wildman–Crippen LogP) is 1.76. The van der Waals surface area contributed by atoms with E-state index < -0.39 is 0 Å². The Hall–Kier alpha value is -0.860. The van der Waals surface area contributed by atoms with E-state index in [0.717, 1.165) is 19.4 Å². The van der Waals surface area contributed by atoms with E-state index in [4.69, 9.17) is 0 Å². The van der Waals surface area contributed by atoms with Crippen molar-refractivity contribution in [3.8, 4) is 0 Å². The fourth-order valence-corrected chi connectivity index (χ4v) is 2.39. The predicted molar refractivity (Wildman–Crippen MR) is 57.4 cm³/mol. The van der Waals surface area contributed by atoms with Crippen molar-refractivity contribution in [1.82, 2.24) is 4.90 Å². The second-order valence-corrected chi connectivity index (χ2v) is 4.94. The molecule has 3 nitrogen and oxygen atoms in total. The molecule has 1 heterocycles. The third-order valence-electron chi connectivity index (χ3n) is 3.38. The molecule has 15 heavy (non-hydrogen) atoms. The number of carbonyl (C=O) groups is 2. The first-order valence-electron chi connectivity index (χ1n) is 5.95. The second-order valence-electron chi connectivity index (χ2n) is 4.94. The Morgan fingerprint density at radius 1 is 1.20 bits per heavy atom. The lowest BCUT2D eigenvalue weighted by Crippen LogP contribution is -2.36.